The molecular formula is C11H18O. The first kappa shape index (κ1) is 11.0. The second-order valence-corrected chi connectivity index (χ2v) is 3.15. The molecular weight excluding hydrogens is 148 g/mol. The van der Waals surface area contributed by atoms with E-state index in [-0.39, 0.29) is 0 Å². The van der Waals surface area contributed by atoms with E-state index in [4.69, 9.17) is 4.74 Å². The van der Waals surface area contributed by atoms with Crippen molar-refractivity contribution in [3.05, 3.63) is 36.6 Å². The summed E-state index contributed by atoms with van der Waals surface area (Å²) >= 11 is 0. The standard InChI is InChI=1S/C11H18O/c1-6-7-11(8-9(2)3)10(4)12-5/h6-7,9H,1,4,8H2,2-3,5H3/b11-7-. The monoisotopic (exact) mass is 166 g/mol. The van der Waals surface area contributed by atoms with Gasteiger partial charge < -0.3 is 4.74 Å². The third kappa shape index (κ3) is 4.02. The van der Waals surface area contributed by atoms with Crippen molar-refractivity contribution in [1.82, 2.24) is 0 Å². The number of rotatable bonds is 5. The summed E-state index contributed by atoms with van der Waals surface area (Å²) in [6.07, 6.45) is 4.70. The Hall–Kier alpha value is -0.980. The molecule has 0 amide bonds. The summed E-state index contributed by atoms with van der Waals surface area (Å²) < 4.78 is 5.06. The zero-order valence-electron chi connectivity index (χ0n) is 8.26. The molecule has 0 atom stereocenters. The number of hydrogen-bond acceptors (Lipinski definition) is 1. The van der Waals surface area contributed by atoms with E-state index < -0.39 is 0 Å². The summed E-state index contributed by atoms with van der Waals surface area (Å²) in [7, 11) is 1.64. The van der Waals surface area contributed by atoms with E-state index in [1.54, 1.807) is 13.2 Å². The molecule has 68 valence electrons. The topological polar surface area (TPSA) is 9.23 Å². The van der Waals surface area contributed by atoms with Crippen LogP contribution < -0.4 is 0 Å². The fraction of sp³-hybridized carbons (Fsp3) is 0.455. The largest absolute Gasteiger partial charge is 0.497 e. The normalized spacial score (nSPS) is 11.5. The Morgan fingerprint density at radius 2 is 2.08 bits per heavy atom. The van der Waals surface area contributed by atoms with Crippen molar-refractivity contribution in [1.29, 1.82) is 0 Å². The number of hydrogen-bond donors (Lipinski definition) is 0. The summed E-state index contributed by atoms with van der Waals surface area (Å²) in [5.74, 6) is 1.35. The molecule has 0 aliphatic rings. The van der Waals surface area contributed by atoms with Gasteiger partial charge in [0, 0.05) is 0 Å². The van der Waals surface area contributed by atoms with Crippen LogP contribution in [0.25, 0.3) is 0 Å². The molecule has 0 aromatic rings. The second kappa shape index (κ2) is 5.64. The predicted molar refractivity (Wildman–Crippen MR) is 53.9 cm³/mol. The Balaban J connectivity index is 4.33. The third-order valence-electron chi connectivity index (χ3n) is 1.55. The van der Waals surface area contributed by atoms with Gasteiger partial charge in [0.15, 0.2) is 0 Å². The number of allylic oxidation sites excluding steroid dienone is 3. The molecule has 0 fully saturated rings. The quantitative estimate of drug-likeness (QED) is 0.450. The first-order chi connectivity index (χ1) is 5.61. The lowest BCUT2D eigenvalue weighted by Crippen LogP contribution is -1.96. The van der Waals surface area contributed by atoms with Crippen molar-refractivity contribution in [2.45, 2.75) is 20.3 Å². The lowest BCUT2D eigenvalue weighted by Gasteiger charge is -2.10. The Kier molecular flexibility index (Phi) is 5.18. The number of ether oxygens (including phenoxy) is 1. The Morgan fingerprint density at radius 3 is 2.42 bits per heavy atom. The molecule has 0 radical (unpaired) electrons. The van der Waals surface area contributed by atoms with Gasteiger partial charge in [-0.05, 0) is 17.9 Å². The average Bonchev–Trinajstić information content (AvgIpc) is 2.01. The maximum Gasteiger partial charge on any atom is 0.114 e. The molecule has 0 aromatic carbocycles. The minimum Gasteiger partial charge on any atom is -0.497 e. The van der Waals surface area contributed by atoms with Gasteiger partial charge in [-0.15, -0.1) is 0 Å². The molecule has 0 bridgehead atoms. The third-order valence-corrected chi connectivity index (χ3v) is 1.55. The number of methoxy groups -OCH3 is 1. The van der Waals surface area contributed by atoms with E-state index in [9.17, 15) is 0 Å². The van der Waals surface area contributed by atoms with Crippen molar-refractivity contribution in [3.63, 3.8) is 0 Å². The zero-order chi connectivity index (χ0) is 9.56. The van der Waals surface area contributed by atoms with Crippen molar-refractivity contribution in [2.24, 2.45) is 5.92 Å². The molecule has 0 heterocycles. The van der Waals surface area contributed by atoms with Crippen LogP contribution in [0.2, 0.25) is 0 Å². The molecule has 0 unspecified atom stereocenters. The highest BCUT2D eigenvalue weighted by Crippen LogP contribution is 2.18. The first-order valence-electron chi connectivity index (χ1n) is 4.16. The van der Waals surface area contributed by atoms with E-state index in [0.29, 0.717) is 5.92 Å². The Morgan fingerprint density at radius 1 is 1.50 bits per heavy atom. The van der Waals surface area contributed by atoms with Gasteiger partial charge in [0.05, 0.1) is 7.11 Å². The van der Waals surface area contributed by atoms with Crippen molar-refractivity contribution in [2.75, 3.05) is 7.11 Å². The highest BCUT2D eigenvalue weighted by Gasteiger charge is 2.04. The van der Waals surface area contributed by atoms with Crippen LogP contribution in [0.3, 0.4) is 0 Å². The molecule has 0 aliphatic heterocycles. The maximum absolute atomic E-state index is 5.06. The summed E-state index contributed by atoms with van der Waals surface area (Å²) in [4.78, 5) is 0. The molecule has 12 heavy (non-hydrogen) atoms. The Labute approximate surface area is 75.4 Å². The minimum absolute atomic E-state index is 0.614. The molecule has 0 aromatic heterocycles. The van der Waals surface area contributed by atoms with Gasteiger partial charge in [-0.3, -0.25) is 0 Å². The van der Waals surface area contributed by atoms with Crippen LogP contribution in [0.15, 0.2) is 36.6 Å². The van der Waals surface area contributed by atoms with Crippen molar-refractivity contribution in [3.8, 4) is 0 Å². The van der Waals surface area contributed by atoms with Gasteiger partial charge in [0.2, 0.25) is 0 Å². The molecule has 0 rings (SSSR count). The van der Waals surface area contributed by atoms with Crippen molar-refractivity contribution >= 4 is 0 Å². The predicted octanol–water partition coefficient (Wildman–Crippen LogP) is 3.31. The van der Waals surface area contributed by atoms with Gasteiger partial charge >= 0.3 is 0 Å². The fourth-order valence-corrected chi connectivity index (χ4v) is 0.988. The van der Waals surface area contributed by atoms with E-state index in [2.05, 4.69) is 27.0 Å². The summed E-state index contributed by atoms with van der Waals surface area (Å²) in [5, 5.41) is 0. The van der Waals surface area contributed by atoms with Crippen LogP contribution in [0.5, 0.6) is 0 Å². The van der Waals surface area contributed by atoms with Gasteiger partial charge in [-0.2, -0.15) is 0 Å². The average molecular weight is 166 g/mol. The molecule has 0 N–H and O–H groups in total. The first-order valence-corrected chi connectivity index (χ1v) is 4.16. The molecule has 0 spiro atoms. The molecule has 1 heteroatoms. The van der Waals surface area contributed by atoms with Gasteiger partial charge in [-0.25, -0.2) is 0 Å². The highest BCUT2D eigenvalue weighted by atomic mass is 16.5. The lowest BCUT2D eigenvalue weighted by molar-refractivity contribution is 0.298. The molecule has 0 saturated carbocycles. The SMILES string of the molecule is C=C/C=C(/CC(C)C)C(=C)OC. The fourth-order valence-electron chi connectivity index (χ4n) is 0.988. The molecule has 0 aliphatic carbocycles. The van der Waals surface area contributed by atoms with Gasteiger partial charge in [0.1, 0.15) is 5.76 Å². The van der Waals surface area contributed by atoms with Crippen LogP contribution in [0.1, 0.15) is 20.3 Å². The second-order valence-electron chi connectivity index (χ2n) is 3.15. The summed E-state index contributed by atoms with van der Waals surface area (Å²) in [6, 6.07) is 0. The van der Waals surface area contributed by atoms with Crippen LogP contribution in [0, 0.1) is 5.92 Å². The van der Waals surface area contributed by atoms with E-state index in [1.165, 1.54) is 0 Å². The van der Waals surface area contributed by atoms with E-state index in [0.717, 1.165) is 17.8 Å². The molecule has 0 saturated heterocycles. The van der Waals surface area contributed by atoms with E-state index >= 15 is 0 Å². The zero-order valence-corrected chi connectivity index (χ0v) is 8.26. The smallest absolute Gasteiger partial charge is 0.114 e. The minimum atomic E-state index is 0.614. The summed E-state index contributed by atoms with van der Waals surface area (Å²) in [5.41, 5.74) is 1.13. The Bertz CT molecular complexity index is 187. The van der Waals surface area contributed by atoms with Crippen molar-refractivity contribution < 1.29 is 4.74 Å². The lowest BCUT2D eigenvalue weighted by atomic mass is 10.0. The van der Waals surface area contributed by atoms with Crippen LogP contribution in [-0.4, -0.2) is 7.11 Å². The van der Waals surface area contributed by atoms with Gasteiger partial charge in [0.25, 0.3) is 0 Å². The van der Waals surface area contributed by atoms with Crippen LogP contribution in [-0.2, 0) is 4.74 Å². The molecule has 1 nitrogen and oxygen atoms in total. The summed E-state index contributed by atoms with van der Waals surface area (Å²) in [6.45, 7) is 11.8. The van der Waals surface area contributed by atoms with Crippen LogP contribution in [0.4, 0.5) is 0 Å². The maximum atomic E-state index is 5.06. The van der Waals surface area contributed by atoms with Gasteiger partial charge in [-0.1, -0.05) is 39.2 Å². The van der Waals surface area contributed by atoms with E-state index in [1.807, 2.05) is 6.08 Å². The van der Waals surface area contributed by atoms with Crippen LogP contribution >= 0.6 is 0 Å². The highest BCUT2D eigenvalue weighted by molar-refractivity contribution is 5.26.